The number of carbonyl (C=O) groups is 3. The standard InChI is InChI=1S/C17H15BrClN3O3/c1-10-2-5-13(8-14(10)19)21-15(23)9-20-16(24)17(25)22-12-6-3-11(18)4-7-12/h2-8H,9H2,1H3,(H,20,24)(H,21,23)(H,22,25). The molecule has 3 N–H and O–H groups in total. The van der Waals surface area contributed by atoms with E-state index in [-0.39, 0.29) is 6.54 Å². The van der Waals surface area contributed by atoms with Gasteiger partial charge in [0.15, 0.2) is 0 Å². The molecule has 130 valence electrons. The molecule has 0 saturated heterocycles. The molecule has 0 aliphatic heterocycles. The first-order valence-corrected chi connectivity index (χ1v) is 8.43. The SMILES string of the molecule is Cc1ccc(NC(=O)CNC(=O)C(=O)Nc2ccc(Br)cc2)cc1Cl. The average molecular weight is 425 g/mol. The summed E-state index contributed by atoms with van der Waals surface area (Å²) in [4.78, 5) is 35.3. The number of anilines is 2. The van der Waals surface area contributed by atoms with E-state index in [1.165, 1.54) is 0 Å². The van der Waals surface area contributed by atoms with Crippen molar-refractivity contribution in [1.82, 2.24) is 5.32 Å². The minimum atomic E-state index is -0.903. The number of carbonyl (C=O) groups excluding carboxylic acids is 3. The number of nitrogens with one attached hydrogen (secondary N) is 3. The summed E-state index contributed by atoms with van der Waals surface area (Å²) in [5.74, 6) is -2.22. The van der Waals surface area contributed by atoms with E-state index >= 15 is 0 Å². The first kappa shape index (κ1) is 19.0. The van der Waals surface area contributed by atoms with Crippen molar-refractivity contribution in [3.05, 3.63) is 57.5 Å². The molecule has 0 aliphatic carbocycles. The lowest BCUT2D eigenvalue weighted by Gasteiger charge is -2.08. The molecular formula is C17H15BrClN3O3. The molecule has 0 radical (unpaired) electrons. The van der Waals surface area contributed by atoms with Gasteiger partial charge in [-0.05, 0) is 48.9 Å². The Hall–Kier alpha value is -2.38. The Bertz CT molecular complexity index is 809. The summed E-state index contributed by atoms with van der Waals surface area (Å²) in [5.41, 5.74) is 1.87. The van der Waals surface area contributed by atoms with Gasteiger partial charge < -0.3 is 16.0 Å². The quantitative estimate of drug-likeness (QED) is 0.659. The van der Waals surface area contributed by atoms with E-state index in [1.807, 2.05) is 6.92 Å². The second-order valence-corrected chi connectivity index (χ2v) is 6.48. The van der Waals surface area contributed by atoms with E-state index in [4.69, 9.17) is 11.6 Å². The van der Waals surface area contributed by atoms with Gasteiger partial charge in [-0.15, -0.1) is 0 Å². The Balaban J connectivity index is 1.81. The van der Waals surface area contributed by atoms with Crippen LogP contribution >= 0.6 is 27.5 Å². The molecule has 2 rings (SSSR count). The monoisotopic (exact) mass is 423 g/mol. The lowest BCUT2D eigenvalue weighted by molar-refractivity contribution is -0.136. The van der Waals surface area contributed by atoms with E-state index < -0.39 is 17.7 Å². The van der Waals surface area contributed by atoms with Gasteiger partial charge in [0.2, 0.25) is 5.91 Å². The van der Waals surface area contributed by atoms with Gasteiger partial charge in [0.05, 0.1) is 6.54 Å². The van der Waals surface area contributed by atoms with E-state index in [9.17, 15) is 14.4 Å². The Labute approximate surface area is 158 Å². The highest BCUT2D eigenvalue weighted by Crippen LogP contribution is 2.19. The zero-order chi connectivity index (χ0) is 18.4. The Morgan fingerprint density at radius 2 is 1.60 bits per heavy atom. The highest BCUT2D eigenvalue weighted by atomic mass is 79.9. The van der Waals surface area contributed by atoms with Gasteiger partial charge in [-0.25, -0.2) is 0 Å². The lowest BCUT2D eigenvalue weighted by atomic mass is 10.2. The maximum absolute atomic E-state index is 11.8. The van der Waals surface area contributed by atoms with Gasteiger partial charge in [-0.2, -0.15) is 0 Å². The summed E-state index contributed by atoms with van der Waals surface area (Å²) in [6.45, 7) is 1.51. The van der Waals surface area contributed by atoms with Gasteiger partial charge in [0, 0.05) is 20.9 Å². The van der Waals surface area contributed by atoms with Crippen LogP contribution in [0.1, 0.15) is 5.56 Å². The fraction of sp³-hybridized carbons (Fsp3) is 0.118. The topological polar surface area (TPSA) is 87.3 Å². The highest BCUT2D eigenvalue weighted by molar-refractivity contribution is 9.10. The molecule has 0 atom stereocenters. The molecule has 0 aromatic heterocycles. The van der Waals surface area contributed by atoms with Crippen LogP contribution in [-0.4, -0.2) is 24.3 Å². The van der Waals surface area contributed by atoms with Crippen LogP contribution in [0.2, 0.25) is 5.02 Å². The van der Waals surface area contributed by atoms with E-state index in [1.54, 1.807) is 42.5 Å². The molecule has 3 amide bonds. The van der Waals surface area contributed by atoms with Crippen molar-refractivity contribution >= 4 is 56.6 Å². The molecule has 0 saturated carbocycles. The predicted octanol–water partition coefficient (Wildman–Crippen LogP) is 3.10. The van der Waals surface area contributed by atoms with Crippen molar-refractivity contribution < 1.29 is 14.4 Å². The fourth-order valence-corrected chi connectivity index (χ4v) is 2.28. The Kier molecular flexibility index (Phi) is 6.55. The highest BCUT2D eigenvalue weighted by Gasteiger charge is 2.15. The third-order valence-electron chi connectivity index (χ3n) is 3.17. The first-order chi connectivity index (χ1) is 11.8. The zero-order valence-electron chi connectivity index (χ0n) is 13.2. The number of benzene rings is 2. The predicted molar refractivity (Wildman–Crippen MR) is 101 cm³/mol. The molecule has 0 bridgehead atoms. The third-order valence-corrected chi connectivity index (χ3v) is 4.11. The van der Waals surface area contributed by atoms with Crippen molar-refractivity contribution in [1.29, 1.82) is 0 Å². The van der Waals surface area contributed by atoms with Gasteiger partial charge in [-0.3, -0.25) is 14.4 Å². The van der Waals surface area contributed by atoms with Gasteiger partial charge >= 0.3 is 11.8 Å². The van der Waals surface area contributed by atoms with E-state index in [0.717, 1.165) is 10.0 Å². The van der Waals surface area contributed by atoms with Gasteiger partial charge in [0.25, 0.3) is 0 Å². The summed E-state index contributed by atoms with van der Waals surface area (Å²) in [6.07, 6.45) is 0. The van der Waals surface area contributed by atoms with Gasteiger partial charge in [-0.1, -0.05) is 33.6 Å². The van der Waals surface area contributed by atoms with Crippen LogP contribution < -0.4 is 16.0 Å². The van der Waals surface area contributed by atoms with E-state index in [2.05, 4.69) is 31.9 Å². The number of aryl methyl sites for hydroxylation is 1. The summed E-state index contributed by atoms with van der Waals surface area (Å²) < 4.78 is 0.850. The van der Waals surface area contributed by atoms with Crippen LogP contribution in [0.4, 0.5) is 11.4 Å². The average Bonchev–Trinajstić information content (AvgIpc) is 2.58. The van der Waals surface area contributed by atoms with Crippen molar-refractivity contribution in [2.45, 2.75) is 6.92 Å². The number of amides is 3. The molecule has 25 heavy (non-hydrogen) atoms. The summed E-state index contributed by atoms with van der Waals surface area (Å²) >= 11 is 9.25. The number of halogens is 2. The molecule has 0 aliphatic rings. The largest absolute Gasteiger partial charge is 0.339 e. The molecule has 2 aromatic rings. The minimum Gasteiger partial charge on any atom is -0.339 e. The van der Waals surface area contributed by atoms with Crippen molar-refractivity contribution in [3.63, 3.8) is 0 Å². The van der Waals surface area contributed by atoms with E-state index in [0.29, 0.717) is 16.4 Å². The van der Waals surface area contributed by atoms with Crippen LogP contribution in [0, 0.1) is 6.92 Å². The third kappa shape index (κ3) is 5.88. The molecule has 0 unspecified atom stereocenters. The fourth-order valence-electron chi connectivity index (χ4n) is 1.84. The summed E-state index contributed by atoms with van der Waals surface area (Å²) in [6, 6.07) is 11.8. The smallest absolute Gasteiger partial charge is 0.313 e. The number of hydrogen-bond donors (Lipinski definition) is 3. The maximum Gasteiger partial charge on any atom is 0.313 e. The summed E-state index contributed by atoms with van der Waals surface area (Å²) in [5, 5.41) is 7.80. The van der Waals surface area contributed by atoms with Crippen LogP contribution in [0.15, 0.2) is 46.9 Å². The van der Waals surface area contributed by atoms with Crippen LogP contribution in [0.3, 0.4) is 0 Å². The molecule has 0 fully saturated rings. The Morgan fingerprint density at radius 1 is 0.960 bits per heavy atom. The van der Waals surface area contributed by atoms with Crippen LogP contribution in [0.5, 0.6) is 0 Å². The van der Waals surface area contributed by atoms with Crippen molar-refractivity contribution in [3.8, 4) is 0 Å². The second-order valence-electron chi connectivity index (χ2n) is 5.16. The van der Waals surface area contributed by atoms with Crippen molar-refractivity contribution in [2.24, 2.45) is 0 Å². The zero-order valence-corrected chi connectivity index (χ0v) is 15.6. The molecule has 6 nitrogen and oxygen atoms in total. The molecule has 0 heterocycles. The van der Waals surface area contributed by atoms with Crippen LogP contribution in [0.25, 0.3) is 0 Å². The summed E-state index contributed by atoms with van der Waals surface area (Å²) in [7, 11) is 0. The minimum absolute atomic E-state index is 0.335. The molecule has 2 aromatic carbocycles. The molecule has 0 spiro atoms. The lowest BCUT2D eigenvalue weighted by Crippen LogP contribution is -2.39. The normalized spacial score (nSPS) is 10.0. The second kappa shape index (κ2) is 8.64. The van der Waals surface area contributed by atoms with Crippen molar-refractivity contribution in [2.75, 3.05) is 17.2 Å². The Morgan fingerprint density at radius 3 is 2.24 bits per heavy atom. The number of rotatable bonds is 4. The maximum atomic E-state index is 11.8. The molecule has 8 heteroatoms. The van der Waals surface area contributed by atoms with Gasteiger partial charge in [0.1, 0.15) is 0 Å². The van der Waals surface area contributed by atoms with Crippen LogP contribution in [-0.2, 0) is 14.4 Å². The molecular weight excluding hydrogens is 410 g/mol. The number of hydrogen-bond acceptors (Lipinski definition) is 3. The first-order valence-electron chi connectivity index (χ1n) is 7.26.